The van der Waals surface area contributed by atoms with Gasteiger partial charge < -0.3 is 9.80 Å². The second-order valence-corrected chi connectivity index (χ2v) is 5.80. The lowest BCUT2D eigenvalue weighted by atomic mass is 10.0. The second-order valence-electron chi connectivity index (χ2n) is 5.37. The van der Waals surface area contributed by atoms with E-state index >= 15 is 0 Å². The highest BCUT2D eigenvalue weighted by Gasteiger charge is 2.22. The molecule has 0 saturated carbocycles. The topological polar surface area (TPSA) is 23.6 Å². The number of likely N-dealkylation sites (tertiary alicyclic amines) is 1. The van der Waals surface area contributed by atoms with Crippen molar-refractivity contribution in [3.05, 3.63) is 40.9 Å². The highest BCUT2D eigenvalue weighted by atomic mass is 35.5. The minimum Gasteiger partial charge on any atom is -0.339 e. The molecule has 0 N–H and O–H groups in total. The number of benzene rings is 1. The standard InChI is InChI=1S/C16H21ClN2O/c1-18-11-9-15(10-12-18)19(2)16(20)8-5-13-3-6-14(17)7-4-13/h3-8,15H,9-12H2,1-2H3. The van der Waals surface area contributed by atoms with Crippen LogP contribution in [-0.2, 0) is 4.79 Å². The van der Waals surface area contributed by atoms with Crippen LogP contribution >= 0.6 is 11.6 Å². The van der Waals surface area contributed by atoms with Gasteiger partial charge in [0.25, 0.3) is 0 Å². The van der Waals surface area contributed by atoms with Gasteiger partial charge in [0.05, 0.1) is 0 Å². The van der Waals surface area contributed by atoms with Gasteiger partial charge in [0, 0.05) is 24.2 Å². The molecule has 1 aliphatic heterocycles. The molecule has 20 heavy (non-hydrogen) atoms. The van der Waals surface area contributed by atoms with E-state index in [4.69, 9.17) is 11.6 Å². The van der Waals surface area contributed by atoms with Crippen molar-refractivity contribution in [1.82, 2.24) is 9.80 Å². The molecule has 4 heteroatoms. The third kappa shape index (κ3) is 4.09. The molecule has 1 fully saturated rings. The van der Waals surface area contributed by atoms with Crippen LogP contribution in [0.2, 0.25) is 5.02 Å². The Morgan fingerprint density at radius 1 is 1.30 bits per heavy atom. The Labute approximate surface area is 125 Å². The van der Waals surface area contributed by atoms with Crippen molar-refractivity contribution in [2.24, 2.45) is 0 Å². The monoisotopic (exact) mass is 292 g/mol. The van der Waals surface area contributed by atoms with Gasteiger partial charge in [-0.05, 0) is 56.8 Å². The van der Waals surface area contributed by atoms with Crippen molar-refractivity contribution in [2.45, 2.75) is 18.9 Å². The summed E-state index contributed by atoms with van der Waals surface area (Å²) in [6.07, 6.45) is 5.58. The number of halogens is 1. The van der Waals surface area contributed by atoms with Crippen molar-refractivity contribution in [3.63, 3.8) is 0 Å². The normalized spacial score (nSPS) is 17.6. The zero-order chi connectivity index (χ0) is 14.5. The number of piperidine rings is 1. The number of nitrogens with zero attached hydrogens (tertiary/aromatic N) is 2. The molecular formula is C16H21ClN2O. The second kappa shape index (κ2) is 6.91. The lowest BCUT2D eigenvalue weighted by Crippen LogP contribution is -2.43. The van der Waals surface area contributed by atoms with Crippen LogP contribution < -0.4 is 0 Å². The third-order valence-corrected chi connectivity index (χ3v) is 4.12. The van der Waals surface area contributed by atoms with E-state index in [1.54, 1.807) is 6.08 Å². The lowest BCUT2D eigenvalue weighted by molar-refractivity contribution is -0.127. The Morgan fingerprint density at radius 3 is 2.50 bits per heavy atom. The molecule has 0 unspecified atom stereocenters. The molecule has 1 aliphatic rings. The van der Waals surface area contributed by atoms with Gasteiger partial charge in [-0.1, -0.05) is 23.7 Å². The van der Waals surface area contributed by atoms with Crippen molar-refractivity contribution in [1.29, 1.82) is 0 Å². The summed E-state index contributed by atoms with van der Waals surface area (Å²) in [6, 6.07) is 7.82. The number of carbonyl (C=O) groups excluding carboxylic acids is 1. The average Bonchev–Trinajstić information content (AvgIpc) is 2.46. The number of amides is 1. The van der Waals surface area contributed by atoms with E-state index in [0.29, 0.717) is 11.1 Å². The van der Waals surface area contributed by atoms with Gasteiger partial charge in [0.2, 0.25) is 5.91 Å². The summed E-state index contributed by atoms with van der Waals surface area (Å²) in [5.41, 5.74) is 0.986. The molecule has 1 aromatic carbocycles. The van der Waals surface area contributed by atoms with Gasteiger partial charge >= 0.3 is 0 Å². The molecule has 0 aromatic heterocycles. The van der Waals surface area contributed by atoms with Gasteiger partial charge in [-0.15, -0.1) is 0 Å². The smallest absolute Gasteiger partial charge is 0.246 e. The molecule has 2 rings (SSSR count). The van der Waals surface area contributed by atoms with Gasteiger partial charge in [-0.2, -0.15) is 0 Å². The van der Waals surface area contributed by atoms with E-state index in [1.165, 1.54) is 0 Å². The van der Waals surface area contributed by atoms with Crippen LogP contribution in [0.3, 0.4) is 0 Å². The maximum atomic E-state index is 12.2. The maximum Gasteiger partial charge on any atom is 0.246 e. The fourth-order valence-corrected chi connectivity index (χ4v) is 2.55. The van der Waals surface area contributed by atoms with Crippen molar-refractivity contribution in [3.8, 4) is 0 Å². The molecule has 0 bridgehead atoms. The van der Waals surface area contributed by atoms with E-state index in [2.05, 4.69) is 11.9 Å². The molecule has 3 nitrogen and oxygen atoms in total. The van der Waals surface area contributed by atoms with Crippen LogP contribution in [0.4, 0.5) is 0 Å². The lowest BCUT2D eigenvalue weighted by Gasteiger charge is -2.34. The maximum absolute atomic E-state index is 12.2. The van der Waals surface area contributed by atoms with E-state index in [9.17, 15) is 4.79 Å². The van der Waals surface area contributed by atoms with Crippen molar-refractivity contribution < 1.29 is 4.79 Å². The first-order valence-corrected chi connectivity index (χ1v) is 7.33. The zero-order valence-corrected chi connectivity index (χ0v) is 12.8. The number of likely N-dealkylation sites (N-methyl/N-ethyl adjacent to an activating group) is 1. The summed E-state index contributed by atoms with van der Waals surface area (Å²) in [5.74, 6) is 0.0644. The molecular weight excluding hydrogens is 272 g/mol. The van der Waals surface area contributed by atoms with Crippen LogP contribution in [-0.4, -0.2) is 48.9 Å². The summed E-state index contributed by atoms with van der Waals surface area (Å²) in [5, 5.41) is 0.705. The summed E-state index contributed by atoms with van der Waals surface area (Å²) in [6.45, 7) is 2.12. The predicted octanol–water partition coefficient (Wildman–Crippen LogP) is 2.91. The molecule has 0 aliphatic carbocycles. The summed E-state index contributed by atoms with van der Waals surface area (Å²) >= 11 is 5.83. The number of hydrogen-bond acceptors (Lipinski definition) is 2. The summed E-state index contributed by atoms with van der Waals surface area (Å²) in [7, 11) is 4.02. The quantitative estimate of drug-likeness (QED) is 0.800. The Morgan fingerprint density at radius 2 is 1.90 bits per heavy atom. The van der Waals surface area contributed by atoms with Crippen LogP contribution in [0.1, 0.15) is 18.4 Å². The first kappa shape index (κ1) is 15.1. The molecule has 1 saturated heterocycles. The SMILES string of the molecule is CN1CCC(N(C)C(=O)C=Cc2ccc(Cl)cc2)CC1. The molecule has 108 valence electrons. The number of carbonyl (C=O) groups is 1. The molecule has 0 radical (unpaired) electrons. The molecule has 0 atom stereocenters. The van der Waals surface area contributed by atoms with E-state index in [1.807, 2.05) is 42.3 Å². The van der Waals surface area contributed by atoms with E-state index < -0.39 is 0 Å². The summed E-state index contributed by atoms with van der Waals surface area (Å²) in [4.78, 5) is 16.3. The molecule has 0 spiro atoms. The van der Waals surface area contributed by atoms with E-state index in [-0.39, 0.29) is 5.91 Å². The highest BCUT2D eigenvalue weighted by Crippen LogP contribution is 2.15. The molecule has 1 heterocycles. The van der Waals surface area contributed by atoms with Gasteiger partial charge in [-0.25, -0.2) is 0 Å². The van der Waals surface area contributed by atoms with Gasteiger partial charge in [-0.3, -0.25) is 4.79 Å². The first-order chi connectivity index (χ1) is 9.56. The third-order valence-electron chi connectivity index (χ3n) is 3.87. The van der Waals surface area contributed by atoms with Crippen molar-refractivity contribution in [2.75, 3.05) is 27.2 Å². The van der Waals surface area contributed by atoms with Crippen LogP contribution in [0.5, 0.6) is 0 Å². The van der Waals surface area contributed by atoms with Crippen LogP contribution in [0, 0.1) is 0 Å². The highest BCUT2D eigenvalue weighted by molar-refractivity contribution is 6.30. The Bertz CT molecular complexity index is 476. The molecule has 1 amide bonds. The Hall–Kier alpha value is -1.32. The van der Waals surface area contributed by atoms with Crippen LogP contribution in [0.15, 0.2) is 30.3 Å². The predicted molar refractivity (Wildman–Crippen MR) is 83.8 cm³/mol. The number of rotatable bonds is 3. The Kier molecular flexibility index (Phi) is 5.21. The average molecular weight is 293 g/mol. The fourth-order valence-electron chi connectivity index (χ4n) is 2.42. The minimum absolute atomic E-state index is 0.0644. The van der Waals surface area contributed by atoms with Gasteiger partial charge in [0.1, 0.15) is 0 Å². The Balaban J connectivity index is 1.92. The summed E-state index contributed by atoms with van der Waals surface area (Å²) < 4.78 is 0. The van der Waals surface area contributed by atoms with Gasteiger partial charge in [0.15, 0.2) is 0 Å². The van der Waals surface area contributed by atoms with E-state index in [0.717, 1.165) is 31.5 Å². The largest absolute Gasteiger partial charge is 0.339 e. The minimum atomic E-state index is 0.0644. The van der Waals surface area contributed by atoms with Crippen LogP contribution in [0.25, 0.3) is 6.08 Å². The van der Waals surface area contributed by atoms with Crippen molar-refractivity contribution >= 4 is 23.6 Å². The fraction of sp³-hybridized carbons (Fsp3) is 0.438. The first-order valence-electron chi connectivity index (χ1n) is 6.95. The number of hydrogen-bond donors (Lipinski definition) is 0. The zero-order valence-electron chi connectivity index (χ0n) is 12.1. The molecule has 1 aromatic rings.